The first-order chi connectivity index (χ1) is 6.88. The quantitative estimate of drug-likeness (QED) is 0.480. The lowest BCUT2D eigenvalue weighted by Gasteiger charge is -2.02. The lowest BCUT2D eigenvalue weighted by Crippen LogP contribution is -1.88. The molecule has 0 saturated heterocycles. The molecule has 0 fully saturated rings. The number of non-ortho nitro benzene ring substituents is 1. The summed E-state index contributed by atoms with van der Waals surface area (Å²) >= 11 is 0.498. The van der Waals surface area contributed by atoms with Gasteiger partial charge in [-0.25, -0.2) is 4.57 Å². The molecule has 1 aromatic rings. The summed E-state index contributed by atoms with van der Waals surface area (Å²) in [5.41, 5.74) is 0.592. The molecule has 1 aromatic carbocycles. The molecule has 0 atom stereocenters. The van der Waals surface area contributed by atoms with E-state index in [2.05, 4.69) is 0 Å². The number of hydrogen-bond donors (Lipinski definition) is 2. The molecule has 0 aliphatic rings. The summed E-state index contributed by atoms with van der Waals surface area (Å²) in [6.07, 6.45) is 0. The molecule has 0 amide bonds. The maximum absolute atomic E-state index is 10.5. The van der Waals surface area contributed by atoms with E-state index in [1.165, 1.54) is 24.3 Å². The van der Waals surface area contributed by atoms with Crippen molar-refractivity contribution in [2.24, 2.45) is 0 Å². The van der Waals surface area contributed by atoms with Crippen LogP contribution in [0.3, 0.4) is 0 Å². The minimum Gasteiger partial charge on any atom is -0.317 e. The zero-order chi connectivity index (χ0) is 11.5. The SMILES string of the molecule is O=[N+]([O-])c1ccc(CSP(=O)(O)O)cc1. The van der Waals surface area contributed by atoms with E-state index < -0.39 is 11.7 Å². The van der Waals surface area contributed by atoms with E-state index in [1.54, 1.807) is 0 Å². The molecule has 0 radical (unpaired) electrons. The highest BCUT2D eigenvalue weighted by Gasteiger charge is 2.13. The van der Waals surface area contributed by atoms with Gasteiger partial charge in [0.2, 0.25) is 0 Å². The molecule has 0 spiro atoms. The predicted octanol–water partition coefficient (Wildman–Crippen LogP) is 1.92. The predicted molar refractivity (Wildman–Crippen MR) is 56.4 cm³/mol. The first-order valence-electron chi connectivity index (χ1n) is 3.82. The number of nitro benzene ring substituents is 1. The van der Waals surface area contributed by atoms with Crippen LogP contribution in [0.1, 0.15) is 5.56 Å². The lowest BCUT2D eigenvalue weighted by atomic mass is 10.2. The fraction of sp³-hybridized carbons (Fsp3) is 0.143. The van der Waals surface area contributed by atoms with Gasteiger partial charge in [0, 0.05) is 17.9 Å². The Labute approximate surface area is 89.4 Å². The molecule has 0 aromatic heterocycles. The Morgan fingerprint density at radius 2 is 1.87 bits per heavy atom. The second-order valence-electron chi connectivity index (χ2n) is 2.69. The van der Waals surface area contributed by atoms with Gasteiger partial charge in [-0.2, -0.15) is 0 Å². The van der Waals surface area contributed by atoms with E-state index in [0.29, 0.717) is 16.9 Å². The molecule has 0 aliphatic carbocycles. The number of nitro groups is 1. The highest BCUT2D eigenvalue weighted by molar-refractivity contribution is 8.54. The van der Waals surface area contributed by atoms with Crippen molar-refractivity contribution >= 4 is 23.9 Å². The van der Waals surface area contributed by atoms with Gasteiger partial charge in [-0.1, -0.05) is 12.1 Å². The number of nitrogens with zero attached hydrogens (tertiary/aromatic N) is 1. The molecule has 6 nitrogen and oxygen atoms in total. The molecule has 1 rings (SSSR count). The van der Waals surface area contributed by atoms with Crippen molar-refractivity contribution in [1.29, 1.82) is 0 Å². The standard InChI is InChI=1S/C7H8NO5PS/c9-8(10)7-3-1-6(2-4-7)5-15-14(11,12)13/h1-4H,5H2,(H2,11,12,13). The Kier molecular flexibility index (Phi) is 3.87. The van der Waals surface area contributed by atoms with Crippen molar-refractivity contribution in [3.8, 4) is 0 Å². The van der Waals surface area contributed by atoms with Crippen molar-refractivity contribution in [3.05, 3.63) is 39.9 Å². The van der Waals surface area contributed by atoms with Gasteiger partial charge in [-0.05, 0) is 16.9 Å². The second kappa shape index (κ2) is 4.76. The van der Waals surface area contributed by atoms with Crippen LogP contribution in [-0.2, 0) is 10.3 Å². The number of hydrogen-bond acceptors (Lipinski definition) is 4. The van der Waals surface area contributed by atoms with E-state index >= 15 is 0 Å². The molecular formula is C7H8NO5PS. The Morgan fingerprint density at radius 1 is 1.33 bits per heavy atom. The van der Waals surface area contributed by atoms with Crippen molar-refractivity contribution in [3.63, 3.8) is 0 Å². The van der Waals surface area contributed by atoms with Gasteiger partial charge in [0.05, 0.1) is 4.92 Å². The first kappa shape index (κ1) is 12.2. The van der Waals surface area contributed by atoms with Gasteiger partial charge in [-0.15, -0.1) is 0 Å². The molecule has 0 aliphatic heterocycles. The Balaban J connectivity index is 2.65. The van der Waals surface area contributed by atoms with Crippen LogP contribution in [0, 0.1) is 10.1 Å². The molecule has 2 N–H and O–H groups in total. The normalized spacial score (nSPS) is 11.3. The molecule has 8 heteroatoms. The van der Waals surface area contributed by atoms with Gasteiger partial charge in [-0.3, -0.25) is 10.1 Å². The summed E-state index contributed by atoms with van der Waals surface area (Å²) < 4.78 is 10.5. The third-order valence-corrected chi connectivity index (χ3v) is 3.74. The van der Waals surface area contributed by atoms with Crippen molar-refractivity contribution < 1.29 is 19.3 Å². The van der Waals surface area contributed by atoms with Crippen LogP contribution in [0.15, 0.2) is 24.3 Å². The van der Waals surface area contributed by atoms with Crippen LogP contribution in [0.4, 0.5) is 5.69 Å². The van der Waals surface area contributed by atoms with E-state index in [1.807, 2.05) is 0 Å². The second-order valence-corrected chi connectivity index (χ2v) is 6.42. The van der Waals surface area contributed by atoms with Crippen molar-refractivity contribution in [2.45, 2.75) is 5.75 Å². The molecule has 0 heterocycles. The smallest absolute Gasteiger partial charge is 0.317 e. The highest BCUT2D eigenvalue weighted by Crippen LogP contribution is 2.51. The highest BCUT2D eigenvalue weighted by atomic mass is 32.7. The fourth-order valence-electron chi connectivity index (χ4n) is 0.873. The molecule has 82 valence electrons. The molecule has 0 unspecified atom stereocenters. The molecule has 0 saturated carbocycles. The monoisotopic (exact) mass is 249 g/mol. The lowest BCUT2D eigenvalue weighted by molar-refractivity contribution is -0.384. The van der Waals surface area contributed by atoms with Gasteiger partial charge in [0.1, 0.15) is 0 Å². The van der Waals surface area contributed by atoms with Gasteiger partial charge in [0.15, 0.2) is 0 Å². The van der Waals surface area contributed by atoms with Crippen molar-refractivity contribution in [1.82, 2.24) is 0 Å². The van der Waals surface area contributed by atoms with Crippen LogP contribution in [0.2, 0.25) is 0 Å². The zero-order valence-electron chi connectivity index (χ0n) is 7.44. The maximum atomic E-state index is 10.5. The minimum absolute atomic E-state index is 0.0417. The Hall–Kier alpha value is -0.880. The average molecular weight is 249 g/mol. The summed E-state index contributed by atoms with van der Waals surface area (Å²) in [7, 11) is 0. The zero-order valence-corrected chi connectivity index (χ0v) is 9.15. The largest absolute Gasteiger partial charge is 0.384 e. The summed E-state index contributed by atoms with van der Waals surface area (Å²) in [5.74, 6) is 0.127. The number of rotatable bonds is 4. The number of benzene rings is 1. The molecule has 0 bridgehead atoms. The average Bonchev–Trinajstić information content (AvgIpc) is 2.14. The van der Waals surface area contributed by atoms with E-state index in [4.69, 9.17) is 9.79 Å². The summed E-state index contributed by atoms with van der Waals surface area (Å²) in [6.45, 7) is -4.08. The third kappa shape index (κ3) is 4.44. The molecule has 15 heavy (non-hydrogen) atoms. The molecular weight excluding hydrogens is 241 g/mol. The van der Waals surface area contributed by atoms with E-state index in [9.17, 15) is 14.7 Å². The van der Waals surface area contributed by atoms with Crippen molar-refractivity contribution in [2.75, 3.05) is 0 Å². The third-order valence-electron chi connectivity index (χ3n) is 1.55. The first-order valence-corrected chi connectivity index (χ1v) is 7.02. The summed E-state index contributed by atoms with van der Waals surface area (Å²) in [4.78, 5) is 27.0. The Morgan fingerprint density at radius 3 is 2.27 bits per heavy atom. The maximum Gasteiger partial charge on any atom is 0.384 e. The van der Waals surface area contributed by atoms with E-state index in [-0.39, 0.29) is 11.4 Å². The van der Waals surface area contributed by atoms with Crippen LogP contribution < -0.4 is 0 Å². The van der Waals surface area contributed by atoms with E-state index in [0.717, 1.165) is 0 Å². The Bertz CT molecular complexity index is 400. The summed E-state index contributed by atoms with van der Waals surface area (Å²) in [6, 6.07) is 5.55. The summed E-state index contributed by atoms with van der Waals surface area (Å²) in [5, 5.41) is 10.3. The van der Waals surface area contributed by atoms with Crippen LogP contribution in [-0.4, -0.2) is 14.7 Å². The van der Waals surface area contributed by atoms with Gasteiger partial charge < -0.3 is 9.79 Å². The topological polar surface area (TPSA) is 101 Å². The van der Waals surface area contributed by atoms with Crippen LogP contribution >= 0.6 is 18.2 Å². The minimum atomic E-state index is -4.08. The van der Waals surface area contributed by atoms with Crippen LogP contribution in [0.5, 0.6) is 0 Å². The van der Waals surface area contributed by atoms with Gasteiger partial charge >= 0.3 is 6.80 Å². The fourth-order valence-corrected chi connectivity index (χ4v) is 2.33. The van der Waals surface area contributed by atoms with Crippen LogP contribution in [0.25, 0.3) is 0 Å². The van der Waals surface area contributed by atoms with Gasteiger partial charge in [0.25, 0.3) is 5.69 Å².